The van der Waals surface area contributed by atoms with Gasteiger partial charge in [0.25, 0.3) is 0 Å². The van der Waals surface area contributed by atoms with E-state index >= 15 is 0 Å². The maximum atomic E-state index is 12.6. The Bertz CT molecular complexity index is 1450. The lowest BCUT2D eigenvalue weighted by Gasteiger charge is -2.19. The van der Waals surface area contributed by atoms with Crippen LogP contribution in [0, 0.1) is 0 Å². The number of phosphoric acid groups is 1. The molecule has 2 unspecified atom stereocenters. The van der Waals surface area contributed by atoms with Gasteiger partial charge in [-0.15, -0.1) is 0 Å². The molecule has 0 aromatic heterocycles. The van der Waals surface area contributed by atoms with E-state index in [0.29, 0.717) is 25.7 Å². The zero-order chi connectivity index (χ0) is 44.0. The number of ether oxygens (including phenoxy) is 2. The summed E-state index contributed by atoms with van der Waals surface area (Å²) in [5.41, 5.74) is 5.34. The molecule has 11 heteroatoms. The number of rotatable bonds is 38. The van der Waals surface area contributed by atoms with Gasteiger partial charge in [-0.05, 0) is 89.9 Å². The summed E-state index contributed by atoms with van der Waals surface area (Å²) in [5.74, 6) is -1.01. The van der Waals surface area contributed by atoms with Crippen LogP contribution in [0.3, 0.4) is 0 Å². The van der Waals surface area contributed by atoms with E-state index in [4.69, 9.17) is 24.3 Å². The average molecular weight is 854 g/mol. The summed E-state index contributed by atoms with van der Waals surface area (Å²) in [6.07, 6.45) is 56.7. The number of nitrogens with two attached hydrogens (primary N) is 1. The first-order valence-corrected chi connectivity index (χ1v) is 23.3. The second kappa shape index (κ2) is 43.2. The van der Waals surface area contributed by atoms with Crippen LogP contribution in [-0.4, -0.2) is 60.5 Å². The second-order valence-electron chi connectivity index (χ2n) is 13.6. The van der Waals surface area contributed by atoms with Gasteiger partial charge in [0.15, 0.2) is 6.10 Å². The van der Waals surface area contributed by atoms with Crippen LogP contribution in [-0.2, 0) is 32.7 Å². The van der Waals surface area contributed by atoms with E-state index in [1.165, 1.54) is 0 Å². The summed E-state index contributed by atoms with van der Waals surface area (Å²) in [5, 5.41) is 10.00. The van der Waals surface area contributed by atoms with Crippen molar-refractivity contribution in [1.29, 1.82) is 0 Å². The zero-order valence-electron chi connectivity index (χ0n) is 36.5. The third kappa shape index (κ3) is 42.2. The van der Waals surface area contributed by atoms with Gasteiger partial charge in [0.1, 0.15) is 6.61 Å². The Hall–Kier alpha value is -3.89. The molecule has 0 aromatic rings. The van der Waals surface area contributed by atoms with E-state index in [1.807, 2.05) is 48.6 Å². The molecule has 0 aromatic carbocycles. The lowest BCUT2D eigenvalue weighted by molar-refractivity contribution is -0.161. The number of esters is 2. The minimum Gasteiger partial charge on any atom is -0.462 e. The van der Waals surface area contributed by atoms with Crippen molar-refractivity contribution in [3.63, 3.8) is 0 Å². The highest BCUT2D eigenvalue weighted by Gasteiger charge is 2.25. The Morgan fingerprint density at radius 3 is 1.67 bits per heavy atom. The predicted molar refractivity (Wildman–Crippen MR) is 248 cm³/mol. The first kappa shape index (κ1) is 56.1. The fourth-order valence-corrected chi connectivity index (χ4v) is 5.71. The van der Waals surface area contributed by atoms with Crippen LogP contribution < -0.4 is 5.73 Å². The second-order valence-corrected chi connectivity index (χ2v) is 15.1. The SMILES string of the molecule is CC/C=C\C/C=C\C/C=C\C/C=C\C/C=C\CCCCCC(=O)O[C@H](COC(=O)CC/C=C\C/C=C\C/C=C\C=C\C(O)C/C=C\C/C=C\CC)COP(=O)(O)OCCN. The van der Waals surface area contributed by atoms with Crippen LogP contribution in [0.25, 0.3) is 0 Å². The van der Waals surface area contributed by atoms with Gasteiger partial charge in [0.05, 0.1) is 19.3 Å². The van der Waals surface area contributed by atoms with Crippen LogP contribution in [0.2, 0.25) is 0 Å². The van der Waals surface area contributed by atoms with Crippen molar-refractivity contribution in [2.45, 2.75) is 135 Å². The van der Waals surface area contributed by atoms with E-state index in [-0.39, 0.29) is 32.6 Å². The standard InChI is InChI=1S/C49H76NO9P/c1-3-5-7-9-11-12-13-14-15-16-17-18-19-20-21-26-29-33-37-41-49(53)59-47(45-58-60(54,55)57-43-42-50)44-56-48(52)40-36-32-28-25-23-22-24-27-31-35-39-46(51)38-34-30-10-8-6-4-2/h5-8,11-12,14-15,17-18,20-23,27-28,30-32,34-35,39,46-47,51H,3-4,9-10,13,16,19,24-26,29,33,36-38,40-45,50H2,1-2H3,(H,54,55)/b7-5-,8-6-,12-11-,15-14-,18-17-,21-20-,23-22-,31-27-,32-28-,34-30-,39-35+/t46?,47-/m1/s1. The molecular formula is C49H76NO9P. The smallest absolute Gasteiger partial charge is 0.462 e. The van der Waals surface area contributed by atoms with Crippen LogP contribution in [0.5, 0.6) is 0 Å². The van der Waals surface area contributed by atoms with E-state index in [0.717, 1.165) is 70.6 Å². The number of allylic oxidation sites excluding steroid dienone is 20. The molecule has 0 fully saturated rings. The minimum absolute atomic E-state index is 0.0219. The van der Waals surface area contributed by atoms with Gasteiger partial charge in [-0.2, -0.15) is 0 Å². The molecule has 3 atom stereocenters. The van der Waals surface area contributed by atoms with E-state index in [1.54, 1.807) is 6.08 Å². The fraction of sp³-hybridized carbons (Fsp3) is 0.510. The van der Waals surface area contributed by atoms with Gasteiger partial charge < -0.3 is 25.2 Å². The van der Waals surface area contributed by atoms with Crippen molar-refractivity contribution in [2.24, 2.45) is 5.73 Å². The molecule has 0 aliphatic heterocycles. The quantitative estimate of drug-likeness (QED) is 0.0180. The van der Waals surface area contributed by atoms with Crippen molar-refractivity contribution < 1.29 is 42.7 Å². The zero-order valence-corrected chi connectivity index (χ0v) is 37.4. The van der Waals surface area contributed by atoms with Crippen LogP contribution in [0.1, 0.15) is 123 Å². The molecule has 0 heterocycles. The Balaban J connectivity index is 4.43. The Kier molecular flexibility index (Phi) is 40.4. The fourth-order valence-electron chi connectivity index (χ4n) is 4.94. The molecule has 10 nitrogen and oxygen atoms in total. The molecule has 0 radical (unpaired) electrons. The van der Waals surface area contributed by atoms with Crippen molar-refractivity contribution >= 4 is 19.8 Å². The molecule has 0 saturated heterocycles. The predicted octanol–water partition coefficient (Wildman–Crippen LogP) is 11.7. The highest BCUT2D eigenvalue weighted by molar-refractivity contribution is 7.47. The molecule has 0 rings (SSSR count). The molecule has 0 saturated carbocycles. The summed E-state index contributed by atoms with van der Waals surface area (Å²) in [6.45, 7) is 3.26. The molecule has 4 N–H and O–H groups in total. The van der Waals surface area contributed by atoms with Gasteiger partial charge in [-0.3, -0.25) is 18.6 Å². The number of carbonyl (C=O) groups excluding carboxylic acids is 2. The molecule has 0 aliphatic carbocycles. The van der Waals surface area contributed by atoms with E-state index in [2.05, 4.69) is 92.8 Å². The molecule has 0 amide bonds. The summed E-state index contributed by atoms with van der Waals surface area (Å²) in [7, 11) is -4.43. The number of carbonyl (C=O) groups is 2. The summed E-state index contributed by atoms with van der Waals surface area (Å²) in [4.78, 5) is 34.9. The third-order valence-electron chi connectivity index (χ3n) is 8.13. The monoisotopic (exact) mass is 854 g/mol. The normalized spacial score (nSPS) is 15.1. The van der Waals surface area contributed by atoms with Crippen molar-refractivity contribution in [3.8, 4) is 0 Å². The van der Waals surface area contributed by atoms with Gasteiger partial charge in [-0.1, -0.05) is 154 Å². The number of hydrogen-bond acceptors (Lipinski definition) is 9. The number of aliphatic hydroxyl groups excluding tert-OH is 1. The first-order chi connectivity index (χ1) is 29.2. The molecular weight excluding hydrogens is 778 g/mol. The van der Waals surface area contributed by atoms with Gasteiger partial charge >= 0.3 is 19.8 Å². The van der Waals surface area contributed by atoms with E-state index < -0.39 is 38.6 Å². The molecule has 60 heavy (non-hydrogen) atoms. The topological polar surface area (TPSA) is 155 Å². The highest BCUT2D eigenvalue weighted by atomic mass is 31.2. The Labute approximate surface area is 362 Å². The maximum Gasteiger partial charge on any atom is 0.472 e. The Morgan fingerprint density at radius 2 is 1.10 bits per heavy atom. The van der Waals surface area contributed by atoms with Crippen LogP contribution >= 0.6 is 7.82 Å². The van der Waals surface area contributed by atoms with E-state index in [9.17, 15) is 24.2 Å². The maximum absolute atomic E-state index is 12.6. The average Bonchev–Trinajstić information content (AvgIpc) is 3.23. The number of phosphoric ester groups is 1. The van der Waals surface area contributed by atoms with Crippen LogP contribution in [0.4, 0.5) is 0 Å². The van der Waals surface area contributed by atoms with Gasteiger partial charge in [-0.25, -0.2) is 4.57 Å². The molecule has 336 valence electrons. The summed E-state index contributed by atoms with van der Waals surface area (Å²) >= 11 is 0. The lowest BCUT2D eigenvalue weighted by atomic mass is 10.1. The number of hydrogen-bond donors (Lipinski definition) is 3. The minimum atomic E-state index is -4.43. The largest absolute Gasteiger partial charge is 0.472 e. The van der Waals surface area contributed by atoms with Crippen molar-refractivity contribution in [1.82, 2.24) is 0 Å². The number of unbranched alkanes of at least 4 members (excludes halogenated alkanes) is 3. The summed E-state index contributed by atoms with van der Waals surface area (Å²) < 4.78 is 32.6. The summed E-state index contributed by atoms with van der Waals surface area (Å²) in [6, 6.07) is 0. The number of aliphatic hydroxyl groups is 1. The first-order valence-electron chi connectivity index (χ1n) is 21.8. The third-order valence-corrected chi connectivity index (χ3v) is 9.11. The highest BCUT2D eigenvalue weighted by Crippen LogP contribution is 2.43. The molecule has 0 spiro atoms. The molecule has 0 bridgehead atoms. The van der Waals surface area contributed by atoms with Crippen LogP contribution in [0.15, 0.2) is 134 Å². The lowest BCUT2D eigenvalue weighted by Crippen LogP contribution is -2.29. The van der Waals surface area contributed by atoms with Crippen molar-refractivity contribution in [3.05, 3.63) is 134 Å². The van der Waals surface area contributed by atoms with Crippen molar-refractivity contribution in [2.75, 3.05) is 26.4 Å². The van der Waals surface area contributed by atoms with Gasteiger partial charge in [0.2, 0.25) is 0 Å². The Morgan fingerprint density at radius 1 is 0.583 bits per heavy atom. The molecule has 0 aliphatic rings. The van der Waals surface area contributed by atoms with Gasteiger partial charge in [0, 0.05) is 19.4 Å².